The number of carbonyl (C=O) groups excluding carboxylic acids is 2. The van der Waals surface area contributed by atoms with Crippen molar-refractivity contribution in [3.05, 3.63) is 46.5 Å². The van der Waals surface area contributed by atoms with Gasteiger partial charge in [-0.2, -0.15) is 0 Å². The minimum atomic E-state index is -0.904. The van der Waals surface area contributed by atoms with Gasteiger partial charge in [0, 0.05) is 5.56 Å². The highest BCUT2D eigenvalue weighted by atomic mass is 32.1. The Kier molecular flexibility index (Phi) is 5.42. The van der Waals surface area contributed by atoms with Crippen molar-refractivity contribution < 1.29 is 14.3 Å². The van der Waals surface area contributed by atoms with E-state index in [2.05, 4.69) is 22.0 Å². The van der Waals surface area contributed by atoms with Gasteiger partial charge in [0.1, 0.15) is 10.5 Å². The molecule has 1 aromatic carbocycles. The molecular weight excluding hydrogens is 328 g/mol. The molecule has 2 rings (SSSR count). The van der Waals surface area contributed by atoms with Crippen molar-refractivity contribution in [1.29, 1.82) is 0 Å². The molecule has 1 unspecified atom stereocenters. The molecule has 0 aliphatic carbocycles. The number of esters is 1. The van der Waals surface area contributed by atoms with E-state index < -0.39 is 11.6 Å². The van der Waals surface area contributed by atoms with Crippen molar-refractivity contribution in [2.45, 2.75) is 19.5 Å². The second-order valence-electron chi connectivity index (χ2n) is 5.09. The molecule has 2 aromatic rings. The molecule has 0 aliphatic heterocycles. The van der Waals surface area contributed by atoms with E-state index in [4.69, 9.17) is 10.5 Å². The maximum atomic E-state index is 12.2. The van der Waals surface area contributed by atoms with Crippen LogP contribution in [0.2, 0.25) is 0 Å². The molecule has 0 bridgehead atoms. The predicted octanol–water partition coefficient (Wildman–Crippen LogP) is 2.40. The Morgan fingerprint density at radius 2 is 2.08 bits per heavy atom. The van der Waals surface area contributed by atoms with Crippen LogP contribution in [0.25, 0.3) is 0 Å². The number of rotatable bonds is 6. The number of nitrogens with zero attached hydrogens (tertiary/aromatic N) is 2. The number of benzene rings is 1. The van der Waals surface area contributed by atoms with Crippen molar-refractivity contribution in [3.8, 4) is 0 Å². The fourth-order valence-electron chi connectivity index (χ4n) is 1.85. The number of nitrogens with one attached hydrogen (secondary N) is 1. The topological polar surface area (TPSA) is 107 Å². The molecule has 24 heavy (non-hydrogen) atoms. The van der Waals surface area contributed by atoms with Crippen molar-refractivity contribution >= 4 is 35.1 Å². The second-order valence-corrected chi connectivity index (χ2v) is 6.12. The van der Waals surface area contributed by atoms with E-state index in [1.807, 2.05) is 0 Å². The Bertz CT molecular complexity index is 753. The number of carbonyl (C=O) groups is 2. The Morgan fingerprint density at radius 3 is 2.67 bits per heavy atom. The summed E-state index contributed by atoms with van der Waals surface area (Å²) in [4.78, 5) is 32.0. The third-order valence-electron chi connectivity index (χ3n) is 3.26. The summed E-state index contributed by atoms with van der Waals surface area (Å²) in [6.45, 7) is 7.18. The summed E-state index contributed by atoms with van der Waals surface area (Å²) < 4.78 is 4.88. The van der Waals surface area contributed by atoms with E-state index in [1.54, 1.807) is 38.1 Å². The first kappa shape index (κ1) is 17.8. The summed E-state index contributed by atoms with van der Waals surface area (Å²) >= 11 is 1.05. The zero-order valence-corrected chi connectivity index (χ0v) is 14.2. The van der Waals surface area contributed by atoms with Crippen LogP contribution in [0.1, 0.15) is 39.4 Å². The molecule has 0 spiro atoms. The van der Waals surface area contributed by atoms with Gasteiger partial charge in [0.05, 0.1) is 12.8 Å². The highest BCUT2D eigenvalue weighted by molar-refractivity contribution is 7.17. The van der Waals surface area contributed by atoms with E-state index in [1.165, 1.54) is 6.20 Å². The minimum Gasteiger partial charge on any atom is -0.462 e. The number of amides is 1. The summed E-state index contributed by atoms with van der Waals surface area (Å²) in [6, 6.07) is 6.71. The Labute approximate surface area is 143 Å². The largest absolute Gasteiger partial charge is 0.462 e. The van der Waals surface area contributed by atoms with Gasteiger partial charge < -0.3 is 10.5 Å². The van der Waals surface area contributed by atoms with Crippen LogP contribution in [-0.4, -0.2) is 30.2 Å². The third-order valence-corrected chi connectivity index (χ3v) is 4.16. The summed E-state index contributed by atoms with van der Waals surface area (Å²) in [7, 11) is 0. The first-order chi connectivity index (χ1) is 11.4. The van der Waals surface area contributed by atoms with Crippen molar-refractivity contribution in [1.82, 2.24) is 4.98 Å². The van der Waals surface area contributed by atoms with Gasteiger partial charge in [-0.05, 0) is 38.3 Å². The number of thiazole rings is 1. The zero-order chi connectivity index (χ0) is 17.7. The lowest BCUT2D eigenvalue weighted by molar-refractivity contribution is 0.0531. The first-order valence-electron chi connectivity index (χ1n) is 7.19. The number of hydrogen-bond acceptors (Lipinski definition) is 7. The summed E-state index contributed by atoms with van der Waals surface area (Å²) in [6.07, 6.45) is 1.37. The average molecular weight is 346 g/mol. The number of anilines is 1. The number of hydrogen-bond donors (Lipinski definition) is 2. The van der Waals surface area contributed by atoms with Crippen LogP contribution < -0.4 is 11.1 Å². The highest BCUT2D eigenvalue weighted by Gasteiger charge is 2.19. The van der Waals surface area contributed by atoms with Gasteiger partial charge in [-0.1, -0.05) is 23.5 Å². The van der Waals surface area contributed by atoms with Crippen molar-refractivity contribution in [2.24, 2.45) is 10.7 Å². The third kappa shape index (κ3) is 4.03. The van der Waals surface area contributed by atoms with Crippen LogP contribution in [0.4, 0.5) is 5.13 Å². The van der Waals surface area contributed by atoms with E-state index in [9.17, 15) is 9.59 Å². The van der Waals surface area contributed by atoms with Gasteiger partial charge in [-0.15, -0.1) is 0 Å². The van der Waals surface area contributed by atoms with Crippen LogP contribution in [-0.2, 0) is 10.4 Å². The molecule has 1 aromatic heterocycles. The van der Waals surface area contributed by atoms with Crippen LogP contribution in [0.15, 0.2) is 35.5 Å². The van der Waals surface area contributed by atoms with Crippen molar-refractivity contribution in [2.75, 3.05) is 11.9 Å². The molecule has 7 nitrogen and oxygen atoms in total. The van der Waals surface area contributed by atoms with Gasteiger partial charge in [0.25, 0.3) is 5.91 Å². The van der Waals surface area contributed by atoms with Crippen molar-refractivity contribution in [3.63, 3.8) is 0 Å². The van der Waals surface area contributed by atoms with Crippen LogP contribution in [0, 0.1) is 0 Å². The normalized spacial score (nSPS) is 13.0. The number of aliphatic imine (C=N–C) groups is 1. The lowest BCUT2D eigenvalue weighted by atomic mass is 10.0. The fourth-order valence-corrected chi connectivity index (χ4v) is 2.55. The minimum absolute atomic E-state index is 0.282. The molecule has 3 N–H and O–H groups in total. The maximum Gasteiger partial charge on any atom is 0.350 e. The molecule has 1 atom stereocenters. The quantitative estimate of drug-likeness (QED) is 0.617. The van der Waals surface area contributed by atoms with E-state index >= 15 is 0 Å². The van der Waals surface area contributed by atoms with Gasteiger partial charge in [0.15, 0.2) is 5.13 Å². The lowest BCUT2D eigenvalue weighted by Crippen LogP contribution is -2.30. The Hall–Kier alpha value is -2.58. The maximum absolute atomic E-state index is 12.2. The first-order valence-corrected chi connectivity index (χ1v) is 8.00. The van der Waals surface area contributed by atoms with Gasteiger partial charge in [-0.3, -0.25) is 15.1 Å². The van der Waals surface area contributed by atoms with E-state index in [0.29, 0.717) is 15.6 Å². The summed E-state index contributed by atoms with van der Waals surface area (Å²) in [5.74, 6) is -0.796. The van der Waals surface area contributed by atoms with E-state index in [-0.39, 0.29) is 12.5 Å². The van der Waals surface area contributed by atoms with Crippen LogP contribution >= 0.6 is 11.3 Å². The highest BCUT2D eigenvalue weighted by Crippen LogP contribution is 2.21. The van der Waals surface area contributed by atoms with E-state index in [0.717, 1.165) is 16.9 Å². The SMILES string of the molecule is C=NC(C)(N)c1ccc(C(=O)Nc2ncc(C(=O)OCC)s2)cc1. The molecule has 8 heteroatoms. The molecule has 1 amide bonds. The summed E-state index contributed by atoms with van der Waals surface area (Å²) in [5, 5.41) is 2.96. The smallest absolute Gasteiger partial charge is 0.350 e. The zero-order valence-electron chi connectivity index (χ0n) is 13.4. The monoisotopic (exact) mass is 346 g/mol. The molecular formula is C16H18N4O3S. The Balaban J connectivity index is 2.07. The van der Waals surface area contributed by atoms with Gasteiger partial charge in [0.2, 0.25) is 0 Å². The fraction of sp³-hybridized carbons (Fsp3) is 0.250. The Morgan fingerprint density at radius 1 is 1.42 bits per heavy atom. The molecule has 0 aliphatic rings. The summed E-state index contributed by atoms with van der Waals surface area (Å²) in [5.41, 5.74) is 6.24. The molecule has 0 fully saturated rings. The van der Waals surface area contributed by atoms with Gasteiger partial charge >= 0.3 is 5.97 Å². The van der Waals surface area contributed by atoms with Gasteiger partial charge in [-0.25, -0.2) is 9.78 Å². The van der Waals surface area contributed by atoms with Crippen LogP contribution in [0.5, 0.6) is 0 Å². The predicted molar refractivity (Wildman–Crippen MR) is 93.6 cm³/mol. The molecule has 0 saturated carbocycles. The molecule has 0 radical (unpaired) electrons. The lowest BCUT2D eigenvalue weighted by Gasteiger charge is -2.19. The second kappa shape index (κ2) is 7.33. The molecule has 0 saturated heterocycles. The molecule has 126 valence electrons. The number of nitrogens with two attached hydrogens (primary N) is 1. The average Bonchev–Trinajstić information content (AvgIpc) is 3.04. The standard InChI is InChI=1S/C16H18N4O3S/c1-4-23-14(22)12-9-19-15(24-12)20-13(21)10-5-7-11(8-6-10)16(2,17)18-3/h5-9H,3-4,17H2,1-2H3,(H,19,20,21). The van der Waals surface area contributed by atoms with Crippen LogP contribution in [0.3, 0.4) is 0 Å². The number of aromatic nitrogens is 1. The molecule has 1 heterocycles. The number of ether oxygens (including phenoxy) is 1.